The van der Waals surface area contributed by atoms with Crippen LogP contribution in [-0.4, -0.2) is 45.5 Å². The quantitative estimate of drug-likeness (QED) is 0.366. The van der Waals surface area contributed by atoms with Gasteiger partial charge in [-0.1, -0.05) is 11.8 Å². The molecule has 0 aliphatic heterocycles. The van der Waals surface area contributed by atoms with Crippen LogP contribution in [-0.2, 0) is 0 Å². The fourth-order valence-electron chi connectivity index (χ4n) is 2.40. The first-order chi connectivity index (χ1) is 15.0. The van der Waals surface area contributed by atoms with E-state index in [1.807, 2.05) is 12.1 Å². The third kappa shape index (κ3) is 5.44. The zero-order valence-corrected chi connectivity index (χ0v) is 18.8. The van der Waals surface area contributed by atoms with Gasteiger partial charge in [0.15, 0.2) is 5.16 Å². The van der Waals surface area contributed by atoms with Crippen molar-refractivity contribution in [3.05, 3.63) is 54.0 Å². The second kappa shape index (κ2) is 9.51. The first kappa shape index (κ1) is 21.4. The number of carbonyl (C=O) groups excluding carboxylic acids is 1. The minimum atomic E-state index is -0.648. The van der Waals surface area contributed by atoms with E-state index in [0.717, 1.165) is 16.4 Å². The van der Waals surface area contributed by atoms with Gasteiger partial charge in [-0.15, -0.1) is 0 Å². The Hall–Kier alpha value is -2.87. The van der Waals surface area contributed by atoms with Gasteiger partial charge in [0.1, 0.15) is 22.9 Å². The molecule has 4 aromatic heterocycles. The number of pyridine rings is 2. The summed E-state index contributed by atoms with van der Waals surface area (Å²) in [7, 11) is 0. The number of anilines is 1. The van der Waals surface area contributed by atoms with E-state index in [0.29, 0.717) is 31.7 Å². The number of nitrogens with zero attached hydrogens (tertiary/aromatic N) is 6. The molecule has 158 valence electrons. The molecular formula is C18H16N8O2S3. The van der Waals surface area contributed by atoms with Gasteiger partial charge in [0, 0.05) is 27.5 Å². The summed E-state index contributed by atoms with van der Waals surface area (Å²) in [5.41, 5.74) is 0.813. The van der Waals surface area contributed by atoms with Gasteiger partial charge in [0.2, 0.25) is 5.13 Å². The fourth-order valence-corrected chi connectivity index (χ4v) is 4.51. The van der Waals surface area contributed by atoms with Crippen molar-refractivity contribution in [2.75, 3.05) is 5.32 Å². The smallest absolute Gasteiger partial charge is 0.277 e. The molecule has 1 amide bonds. The molecule has 1 unspecified atom stereocenters. The molecule has 4 rings (SSSR count). The molecule has 10 nitrogen and oxygen atoms in total. The van der Waals surface area contributed by atoms with E-state index < -0.39 is 12.0 Å². The van der Waals surface area contributed by atoms with Gasteiger partial charge in [-0.25, -0.2) is 15.0 Å². The Morgan fingerprint density at radius 1 is 1.19 bits per heavy atom. The van der Waals surface area contributed by atoms with Gasteiger partial charge in [-0.05, 0) is 49.9 Å². The molecule has 31 heavy (non-hydrogen) atoms. The highest BCUT2D eigenvalue weighted by molar-refractivity contribution is 7.99. The normalized spacial score (nSPS) is 12.0. The van der Waals surface area contributed by atoms with Crippen LogP contribution in [0.4, 0.5) is 5.13 Å². The third-order valence-corrected chi connectivity index (χ3v) is 6.38. The van der Waals surface area contributed by atoms with Crippen molar-refractivity contribution in [2.45, 2.75) is 39.9 Å². The van der Waals surface area contributed by atoms with E-state index in [2.05, 4.69) is 39.8 Å². The summed E-state index contributed by atoms with van der Waals surface area (Å²) in [4.78, 5) is 31.5. The lowest BCUT2D eigenvalue weighted by Crippen LogP contribution is -2.15. The largest absolute Gasteiger partial charge is 0.387 e. The fraction of sp³-hybridized carbons (Fsp3) is 0.167. The monoisotopic (exact) mass is 472 g/mol. The predicted octanol–water partition coefficient (Wildman–Crippen LogP) is 3.36. The molecule has 4 heterocycles. The van der Waals surface area contributed by atoms with Crippen LogP contribution in [0.1, 0.15) is 35.0 Å². The number of carbonyl (C=O) groups is 1. The number of aromatic amines is 1. The second-order valence-corrected chi connectivity index (χ2v) is 9.06. The number of amides is 1. The number of hydrogen-bond donors (Lipinski definition) is 3. The molecule has 13 heteroatoms. The molecule has 0 fully saturated rings. The average molecular weight is 473 g/mol. The van der Waals surface area contributed by atoms with Crippen molar-refractivity contribution in [1.29, 1.82) is 0 Å². The zero-order valence-electron chi connectivity index (χ0n) is 16.3. The Kier molecular flexibility index (Phi) is 6.56. The topological polar surface area (TPSA) is 142 Å². The number of hydrogen-bond acceptors (Lipinski definition) is 11. The molecule has 1 atom stereocenters. The third-order valence-electron chi connectivity index (χ3n) is 3.81. The van der Waals surface area contributed by atoms with Gasteiger partial charge in [-0.2, -0.15) is 9.47 Å². The summed E-state index contributed by atoms with van der Waals surface area (Å²) >= 11 is 3.72. The summed E-state index contributed by atoms with van der Waals surface area (Å²) in [6.07, 6.45) is 2.41. The van der Waals surface area contributed by atoms with Gasteiger partial charge >= 0.3 is 0 Å². The molecule has 3 N–H and O–H groups in total. The molecule has 0 radical (unpaired) electrons. The number of H-pyrrole nitrogens is 1. The summed E-state index contributed by atoms with van der Waals surface area (Å²) in [5.74, 6) is 0.189. The maximum atomic E-state index is 13.0. The molecule has 0 aromatic carbocycles. The van der Waals surface area contributed by atoms with Crippen molar-refractivity contribution in [1.82, 2.24) is 34.5 Å². The van der Waals surface area contributed by atoms with Gasteiger partial charge in [0.25, 0.3) is 5.91 Å². The van der Waals surface area contributed by atoms with Crippen molar-refractivity contribution in [3.8, 4) is 0 Å². The lowest BCUT2D eigenvalue weighted by atomic mass is 10.2. The van der Waals surface area contributed by atoms with Crippen LogP contribution < -0.4 is 5.32 Å². The summed E-state index contributed by atoms with van der Waals surface area (Å²) in [5, 5.41) is 20.5. The van der Waals surface area contributed by atoms with Gasteiger partial charge in [-0.3, -0.25) is 20.2 Å². The highest BCUT2D eigenvalue weighted by atomic mass is 32.2. The molecule has 0 spiro atoms. The molecule has 0 aliphatic carbocycles. The first-order valence-corrected chi connectivity index (χ1v) is 11.4. The second-order valence-electron chi connectivity index (χ2n) is 6.19. The van der Waals surface area contributed by atoms with E-state index in [1.165, 1.54) is 29.9 Å². The Morgan fingerprint density at radius 2 is 2.06 bits per heavy atom. The Balaban J connectivity index is 1.62. The van der Waals surface area contributed by atoms with E-state index in [4.69, 9.17) is 0 Å². The van der Waals surface area contributed by atoms with Crippen LogP contribution >= 0.6 is 35.1 Å². The van der Waals surface area contributed by atoms with Crippen molar-refractivity contribution >= 4 is 46.1 Å². The number of aliphatic hydroxyl groups is 1. The van der Waals surface area contributed by atoms with Crippen molar-refractivity contribution in [3.63, 3.8) is 0 Å². The van der Waals surface area contributed by atoms with Crippen LogP contribution in [0.2, 0.25) is 0 Å². The van der Waals surface area contributed by atoms with E-state index in [9.17, 15) is 9.90 Å². The van der Waals surface area contributed by atoms with Crippen molar-refractivity contribution in [2.24, 2.45) is 0 Å². The van der Waals surface area contributed by atoms with Crippen LogP contribution in [0.15, 0.2) is 56.8 Å². The highest BCUT2D eigenvalue weighted by Crippen LogP contribution is 2.33. The molecule has 4 aromatic rings. The Morgan fingerprint density at radius 3 is 2.71 bits per heavy atom. The van der Waals surface area contributed by atoms with Gasteiger partial charge in [0.05, 0.1) is 11.8 Å². The van der Waals surface area contributed by atoms with Crippen LogP contribution in [0.5, 0.6) is 0 Å². The van der Waals surface area contributed by atoms with E-state index in [1.54, 1.807) is 32.2 Å². The van der Waals surface area contributed by atoms with E-state index in [-0.39, 0.29) is 5.69 Å². The minimum absolute atomic E-state index is 0.238. The number of aromatic nitrogens is 7. The van der Waals surface area contributed by atoms with Crippen LogP contribution in [0.25, 0.3) is 0 Å². The van der Waals surface area contributed by atoms with Crippen molar-refractivity contribution < 1.29 is 9.90 Å². The number of nitrogens with one attached hydrogen (secondary N) is 2. The standard InChI is InChI=1S/C18H16N8O2S3/c1-9(27)12-4-3-11(7-19-12)29-13-5-6-14(30-17-20-8-21-25-17)23-15(13)16(28)24-18-22-10(2)26-31-18/h3-9,27H,1-2H3,(H,20,21,25)(H,22,24,26,28). The molecule has 0 saturated carbocycles. The predicted molar refractivity (Wildman–Crippen MR) is 116 cm³/mol. The number of rotatable bonds is 7. The average Bonchev–Trinajstić information content (AvgIpc) is 3.41. The zero-order chi connectivity index (χ0) is 21.8. The van der Waals surface area contributed by atoms with Gasteiger partial charge < -0.3 is 5.11 Å². The summed E-state index contributed by atoms with van der Waals surface area (Å²) in [6.45, 7) is 3.41. The maximum Gasteiger partial charge on any atom is 0.277 e. The Bertz CT molecular complexity index is 1180. The SMILES string of the molecule is Cc1nsc(NC(=O)c2nc(Sc3ncn[nH]3)ccc2Sc2ccc(C(C)O)nc2)n1. The number of aliphatic hydroxyl groups excluding tert-OH is 1. The van der Waals surface area contributed by atoms with E-state index >= 15 is 0 Å². The minimum Gasteiger partial charge on any atom is -0.387 e. The lowest BCUT2D eigenvalue weighted by Gasteiger charge is -2.10. The molecular weight excluding hydrogens is 456 g/mol. The molecule has 0 aliphatic rings. The maximum absolute atomic E-state index is 13.0. The van der Waals surface area contributed by atoms with Crippen LogP contribution in [0.3, 0.4) is 0 Å². The summed E-state index contributed by atoms with van der Waals surface area (Å²) < 4.78 is 4.08. The highest BCUT2D eigenvalue weighted by Gasteiger charge is 2.18. The number of aryl methyl sites for hydroxylation is 1. The Labute approximate surface area is 189 Å². The molecule has 0 bridgehead atoms. The first-order valence-electron chi connectivity index (χ1n) is 8.96. The lowest BCUT2D eigenvalue weighted by molar-refractivity contribution is 0.101. The summed E-state index contributed by atoms with van der Waals surface area (Å²) in [6, 6.07) is 7.21. The molecule has 0 saturated heterocycles. The van der Waals surface area contributed by atoms with Crippen LogP contribution in [0, 0.1) is 6.92 Å².